The SMILES string of the molecule is COc1cc(C)cc2c(C)c(-c3ccc(O)cc3)oc12. The first-order valence-electron chi connectivity index (χ1n) is 6.47. The number of rotatable bonds is 2. The molecule has 2 aromatic carbocycles. The number of aromatic hydroxyl groups is 1. The molecule has 0 spiro atoms. The average Bonchev–Trinajstić information content (AvgIpc) is 2.77. The van der Waals surface area contributed by atoms with E-state index in [9.17, 15) is 5.11 Å². The molecular formula is C17H16O3. The van der Waals surface area contributed by atoms with Crippen molar-refractivity contribution < 1.29 is 14.3 Å². The Morgan fingerprint density at radius 1 is 1.05 bits per heavy atom. The molecule has 0 atom stereocenters. The minimum Gasteiger partial charge on any atom is -0.508 e. The molecular weight excluding hydrogens is 252 g/mol. The van der Waals surface area contributed by atoms with Crippen molar-refractivity contribution in [3.8, 4) is 22.8 Å². The molecule has 0 amide bonds. The van der Waals surface area contributed by atoms with Crippen LogP contribution in [0.4, 0.5) is 0 Å². The van der Waals surface area contributed by atoms with E-state index in [-0.39, 0.29) is 5.75 Å². The van der Waals surface area contributed by atoms with Gasteiger partial charge in [0.1, 0.15) is 11.5 Å². The molecule has 0 aliphatic heterocycles. The van der Waals surface area contributed by atoms with Crippen LogP contribution in [0.15, 0.2) is 40.8 Å². The van der Waals surface area contributed by atoms with Crippen molar-refractivity contribution in [3.05, 3.63) is 47.5 Å². The Kier molecular flexibility index (Phi) is 2.90. The fourth-order valence-electron chi connectivity index (χ4n) is 2.46. The average molecular weight is 268 g/mol. The monoisotopic (exact) mass is 268 g/mol. The normalized spacial score (nSPS) is 10.9. The van der Waals surface area contributed by atoms with E-state index in [1.54, 1.807) is 19.2 Å². The Labute approximate surface area is 117 Å². The van der Waals surface area contributed by atoms with Crippen LogP contribution in [0.2, 0.25) is 0 Å². The van der Waals surface area contributed by atoms with Crippen LogP contribution in [-0.4, -0.2) is 12.2 Å². The van der Waals surface area contributed by atoms with Gasteiger partial charge in [-0.25, -0.2) is 0 Å². The lowest BCUT2D eigenvalue weighted by atomic mass is 10.1. The van der Waals surface area contributed by atoms with Crippen LogP contribution in [0.3, 0.4) is 0 Å². The predicted molar refractivity (Wildman–Crippen MR) is 79.3 cm³/mol. The third-order valence-corrected chi connectivity index (χ3v) is 3.50. The smallest absolute Gasteiger partial charge is 0.176 e. The summed E-state index contributed by atoms with van der Waals surface area (Å²) in [7, 11) is 1.65. The van der Waals surface area contributed by atoms with Gasteiger partial charge < -0.3 is 14.3 Å². The zero-order valence-corrected chi connectivity index (χ0v) is 11.7. The van der Waals surface area contributed by atoms with Gasteiger partial charge in [-0.1, -0.05) is 0 Å². The number of methoxy groups -OCH3 is 1. The summed E-state index contributed by atoms with van der Waals surface area (Å²) in [6, 6.07) is 11.1. The Morgan fingerprint density at radius 2 is 1.75 bits per heavy atom. The molecule has 1 N–H and O–H groups in total. The van der Waals surface area contributed by atoms with E-state index in [0.717, 1.165) is 39.2 Å². The Hall–Kier alpha value is -2.42. The lowest BCUT2D eigenvalue weighted by molar-refractivity contribution is 0.410. The van der Waals surface area contributed by atoms with Crippen molar-refractivity contribution in [2.45, 2.75) is 13.8 Å². The van der Waals surface area contributed by atoms with Gasteiger partial charge in [0.25, 0.3) is 0 Å². The van der Waals surface area contributed by atoms with E-state index in [4.69, 9.17) is 9.15 Å². The minimum atomic E-state index is 0.246. The number of phenols is 1. The molecule has 3 heteroatoms. The van der Waals surface area contributed by atoms with E-state index in [0.29, 0.717) is 0 Å². The van der Waals surface area contributed by atoms with Gasteiger partial charge in [-0.3, -0.25) is 0 Å². The molecule has 3 aromatic rings. The number of aryl methyl sites for hydroxylation is 2. The molecule has 3 nitrogen and oxygen atoms in total. The fraction of sp³-hybridized carbons (Fsp3) is 0.176. The number of ether oxygens (including phenoxy) is 1. The van der Waals surface area contributed by atoms with Gasteiger partial charge in [0.05, 0.1) is 7.11 Å². The van der Waals surface area contributed by atoms with Crippen LogP contribution in [0.1, 0.15) is 11.1 Å². The van der Waals surface area contributed by atoms with Gasteiger partial charge in [0.15, 0.2) is 11.3 Å². The Morgan fingerprint density at radius 3 is 2.40 bits per heavy atom. The topological polar surface area (TPSA) is 42.6 Å². The van der Waals surface area contributed by atoms with E-state index >= 15 is 0 Å². The molecule has 0 unspecified atom stereocenters. The lowest BCUT2D eigenvalue weighted by Crippen LogP contribution is -1.84. The Bertz CT molecular complexity index is 767. The highest BCUT2D eigenvalue weighted by atomic mass is 16.5. The molecule has 102 valence electrons. The zero-order chi connectivity index (χ0) is 14.3. The summed E-state index contributed by atoms with van der Waals surface area (Å²) in [6.45, 7) is 4.07. The number of fused-ring (bicyclic) bond motifs is 1. The molecule has 0 aliphatic rings. The number of furan rings is 1. The molecule has 0 bridgehead atoms. The molecule has 0 saturated heterocycles. The van der Waals surface area contributed by atoms with E-state index < -0.39 is 0 Å². The summed E-state index contributed by atoms with van der Waals surface area (Å²) >= 11 is 0. The first-order valence-corrected chi connectivity index (χ1v) is 6.47. The largest absolute Gasteiger partial charge is 0.508 e. The summed E-state index contributed by atoms with van der Waals surface area (Å²) in [5.74, 6) is 1.80. The first-order chi connectivity index (χ1) is 9.60. The van der Waals surface area contributed by atoms with Crippen molar-refractivity contribution in [2.75, 3.05) is 7.11 Å². The summed E-state index contributed by atoms with van der Waals surface area (Å²) in [4.78, 5) is 0. The van der Waals surface area contributed by atoms with Crippen LogP contribution in [0.5, 0.6) is 11.5 Å². The third-order valence-electron chi connectivity index (χ3n) is 3.50. The zero-order valence-electron chi connectivity index (χ0n) is 11.7. The van der Waals surface area contributed by atoms with Crippen LogP contribution < -0.4 is 4.74 Å². The van der Waals surface area contributed by atoms with Gasteiger partial charge in [0.2, 0.25) is 0 Å². The molecule has 0 aliphatic carbocycles. The molecule has 3 rings (SSSR count). The first kappa shape index (κ1) is 12.6. The second kappa shape index (κ2) is 4.60. The van der Waals surface area contributed by atoms with Crippen molar-refractivity contribution in [3.63, 3.8) is 0 Å². The van der Waals surface area contributed by atoms with Crippen molar-refractivity contribution >= 4 is 11.0 Å². The maximum absolute atomic E-state index is 9.38. The molecule has 0 fully saturated rings. The van der Waals surface area contributed by atoms with Crippen molar-refractivity contribution in [1.29, 1.82) is 0 Å². The highest BCUT2D eigenvalue weighted by Crippen LogP contribution is 2.38. The number of hydrogen-bond donors (Lipinski definition) is 1. The second-order valence-corrected chi connectivity index (χ2v) is 4.95. The molecule has 1 aromatic heterocycles. The second-order valence-electron chi connectivity index (χ2n) is 4.95. The Balaban J connectivity index is 2.27. The molecule has 0 saturated carbocycles. The number of phenolic OH excluding ortho intramolecular Hbond substituents is 1. The quantitative estimate of drug-likeness (QED) is 0.747. The van der Waals surface area contributed by atoms with Gasteiger partial charge >= 0.3 is 0 Å². The minimum absolute atomic E-state index is 0.246. The van der Waals surface area contributed by atoms with Gasteiger partial charge in [-0.2, -0.15) is 0 Å². The van der Waals surface area contributed by atoms with Gasteiger partial charge in [-0.15, -0.1) is 0 Å². The fourth-order valence-corrected chi connectivity index (χ4v) is 2.46. The maximum atomic E-state index is 9.38. The lowest BCUT2D eigenvalue weighted by Gasteiger charge is -2.01. The highest BCUT2D eigenvalue weighted by molar-refractivity contribution is 5.92. The summed E-state index contributed by atoms with van der Waals surface area (Å²) < 4.78 is 11.4. The predicted octanol–water partition coefficient (Wildman–Crippen LogP) is 4.43. The standard InChI is InChI=1S/C17H16O3/c1-10-8-14-11(2)16(12-4-6-13(18)7-5-12)20-17(14)15(9-10)19-3/h4-9,18H,1-3H3. The third kappa shape index (κ3) is 1.92. The van der Waals surface area contributed by atoms with Crippen LogP contribution in [0, 0.1) is 13.8 Å². The summed E-state index contributed by atoms with van der Waals surface area (Å²) in [5, 5.41) is 10.4. The van der Waals surface area contributed by atoms with Gasteiger partial charge in [-0.05, 0) is 55.8 Å². The molecule has 20 heavy (non-hydrogen) atoms. The molecule has 0 radical (unpaired) electrons. The van der Waals surface area contributed by atoms with Crippen LogP contribution in [0.25, 0.3) is 22.3 Å². The number of benzene rings is 2. The van der Waals surface area contributed by atoms with E-state index in [1.807, 2.05) is 32.0 Å². The van der Waals surface area contributed by atoms with Gasteiger partial charge in [0, 0.05) is 16.5 Å². The maximum Gasteiger partial charge on any atom is 0.176 e. The number of hydrogen-bond acceptors (Lipinski definition) is 3. The molecule has 1 heterocycles. The van der Waals surface area contributed by atoms with E-state index in [2.05, 4.69) is 6.07 Å². The van der Waals surface area contributed by atoms with Crippen molar-refractivity contribution in [1.82, 2.24) is 0 Å². The summed E-state index contributed by atoms with van der Waals surface area (Å²) in [6.07, 6.45) is 0. The van der Waals surface area contributed by atoms with Crippen LogP contribution >= 0.6 is 0 Å². The highest BCUT2D eigenvalue weighted by Gasteiger charge is 2.16. The van der Waals surface area contributed by atoms with Crippen LogP contribution in [-0.2, 0) is 0 Å². The van der Waals surface area contributed by atoms with Crippen molar-refractivity contribution in [2.24, 2.45) is 0 Å². The van der Waals surface area contributed by atoms with E-state index in [1.165, 1.54) is 0 Å². The summed E-state index contributed by atoms with van der Waals surface area (Å²) in [5.41, 5.74) is 3.91.